The lowest BCUT2D eigenvalue weighted by atomic mass is 9.95. The third-order valence-electron chi connectivity index (χ3n) is 6.57. The van der Waals surface area contributed by atoms with Crippen molar-refractivity contribution in [2.75, 3.05) is 20.2 Å². The Morgan fingerprint density at radius 1 is 1.21 bits per heavy atom. The van der Waals surface area contributed by atoms with Gasteiger partial charge < -0.3 is 20.3 Å². The minimum Gasteiger partial charge on any atom is -0.493 e. The molecule has 180 valence electrons. The van der Waals surface area contributed by atoms with Gasteiger partial charge in [-0.3, -0.25) is 4.79 Å². The zero-order chi connectivity index (χ0) is 24.4. The molecule has 11 heteroatoms. The largest absolute Gasteiger partial charge is 0.493 e. The maximum absolute atomic E-state index is 14.1. The standard InChI is InChI=1S/C23H21F5N4O2/c1-31(17-6-7-34-19-9-13(23(26,27)28)3-4-14(17)19)20(33)12-2-5-16-15(8-12)18-10-22(24,25)11-32(18)21(29)30-16/h2-5,8-9,17-18H,6-7,10-11H2,1H3,(H2,29,30). The van der Waals surface area contributed by atoms with Crippen LogP contribution in [0.1, 0.15) is 52.0 Å². The zero-order valence-electron chi connectivity index (χ0n) is 18.1. The fraction of sp³-hybridized carbons (Fsp3) is 0.391. The quantitative estimate of drug-likeness (QED) is 0.636. The van der Waals surface area contributed by atoms with E-state index in [0.717, 1.165) is 12.1 Å². The third-order valence-corrected chi connectivity index (χ3v) is 6.57. The van der Waals surface area contributed by atoms with Crippen molar-refractivity contribution in [3.05, 3.63) is 58.7 Å². The van der Waals surface area contributed by atoms with E-state index in [0.29, 0.717) is 23.2 Å². The second kappa shape index (κ2) is 7.57. The Kier molecular flexibility index (Phi) is 4.99. The van der Waals surface area contributed by atoms with E-state index in [1.54, 1.807) is 25.2 Å². The maximum atomic E-state index is 14.1. The van der Waals surface area contributed by atoms with Gasteiger partial charge in [0.05, 0.1) is 36.5 Å². The number of amides is 1. The van der Waals surface area contributed by atoms with Crippen LogP contribution in [0.15, 0.2) is 41.4 Å². The number of rotatable bonds is 2. The number of fused-ring (bicyclic) bond motifs is 4. The summed E-state index contributed by atoms with van der Waals surface area (Å²) in [5.74, 6) is -3.21. The highest BCUT2D eigenvalue weighted by atomic mass is 19.4. The number of halogens is 5. The van der Waals surface area contributed by atoms with Gasteiger partial charge in [0.1, 0.15) is 5.75 Å². The monoisotopic (exact) mass is 480 g/mol. The molecule has 34 heavy (non-hydrogen) atoms. The molecule has 2 aromatic rings. The molecule has 2 unspecified atom stereocenters. The van der Waals surface area contributed by atoms with Gasteiger partial charge in [-0.2, -0.15) is 13.2 Å². The van der Waals surface area contributed by atoms with Gasteiger partial charge in [-0.1, -0.05) is 6.07 Å². The first-order valence-electron chi connectivity index (χ1n) is 10.7. The zero-order valence-corrected chi connectivity index (χ0v) is 18.1. The van der Waals surface area contributed by atoms with E-state index in [1.807, 2.05) is 0 Å². The van der Waals surface area contributed by atoms with Crippen LogP contribution in [-0.2, 0) is 6.18 Å². The molecule has 2 N–H and O–H groups in total. The molecule has 0 saturated carbocycles. The molecule has 0 aromatic heterocycles. The van der Waals surface area contributed by atoms with Crippen LogP contribution >= 0.6 is 0 Å². The van der Waals surface area contributed by atoms with Crippen molar-refractivity contribution in [3.63, 3.8) is 0 Å². The Morgan fingerprint density at radius 2 is 1.97 bits per heavy atom. The Hall–Kier alpha value is -3.37. The van der Waals surface area contributed by atoms with Crippen LogP contribution in [0.25, 0.3) is 0 Å². The number of hydrogen-bond donors (Lipinski definition) is 1. The molecule has 0 spiro atoms. The molecule has 6 nitrogen and oxygen atoms in total. The van der Waals surface area contributed by atoms with Gasteiger partial charge in [0.25, 0.3) is 11.8 Å². The molecule has 1 saturated heterocycles. The molecule has 3 aliphatic rings. The number of alkyl halides is 5. The fourth-order valence-electron chi connectivity index (χ4n) is 4.87. The molecule has 2 atom stereocenters. The number of carbonyl (C=O) groups is 1. The highest BCUT2D eigenvalue weighted by molar-refractivity contribution is 5.96. The maximum Gasteiger partial charge on any atom is 0.416 e. The average Bonchev–Trinajstić information content (AvgIpc) is 3.12. The molecule has 3 heterocycles. The Morgan fingerprint density at radius 3 is 2.71 bits per heavy atom. The van der Waals surface area contributed by atoms with E-state index in [2.05, 4.69) is 4.99 Å². The van der Waals surface area contributed by atoms with Crippen molar-refractivity contribution in [2.45, 2.75) is 37.0 Å². The second-order valence-electron chi connectivity index (χ2n) is 8.77. The summed E-state index contributed by atoms with van der Waals surface area (Å²) in [5.41, 5.74) is 6.72. The Bertz CT molecular complexity index is 1200. The van der Waals surface area contributed by atoms with Crippen molar-refractivity contribution >= 4 is 17.6 Å². The van der Waals surface area contributed by atoms with E-state index in [4.69, 9.17) is 10.5 Å². The van der Waals surface area contributed by atoms with Gasteiger partial charge in [-0.05, 0) is 30.3 Å². The van der Waals surface area contributed by atoms with E-state index < -0.39 is 42.7 Å². The van der Waals surface area contributed by atoms with Gasteiger partial charge in [-0.15, -0.1) is 0 Å². The van der Waals surface area contributed by atoms with Crippen LogP contribution in [0.2, 0.25) is 0 Å². The molecule has 0 aliphatic carbocycles. The van der Waals surface area contributed by atoms with Crippen molar-refractivity contribution in [3.8, 4) is 5.75 Å². The molecule has 1 fully saturated rings. The predicted octanol–water partition coefficient (Wildman–Crippen LogP) is 4.64. The fourth-order valence-corrected chi connectivity index (χ4v) is 4.87. The summed E-state index contributed by atoms with van der Waals surface area (Å²) in [6.45, 7) is -0.385. The normalized spacial score (nSPS) is 22.8. The summed E-state index contributed by atoms with van der Waals surface area (Å²) < 4.78 is 72.8. The second-order valence-corrected chi connectivity index (χ2v) is 8.77. The number of guanidine groups is 1. The van der Waals surface area contributed by atoms with Crippen LogP contribution in [0.5, 0.6) is 5.75 Å². The topological polar surface area (TPSA) is 71.2 Å². The summed E-state index contributed by atoms with van der Waals surface area (Å²) in [7, 11) is 1.56. The minimum atomic E-state index is -4.51. The van der Waals surface area contributed by atoms with Crippen molar-refractivity contribution in [2.24, 2.45) is 10.7 Å². The van der Waals surface area contributed by atoms with Crippen LogP contribution < -0.4 is 10.5 Å². The Balaban J connectivity index is 1.44. The minimum absolute atomic E-state index is 0.0166. The lowest BCUT2D eigenvalue weighted by Gasteiger charge is -2.34. The average molecular weight is 480 g/mol. The van der Waals surface area contributed by atoms with Gasteiger partial charge in [0, 0.05) is 36.6 Å². The van der Waals surface area contributed by atoms with Crippen molar-refractivity contribution in [1.29, 1.82) is 0 Å². The molecule has 5 rings (SSSR count). The third kappa shape index (κ3) is 3.72. The molecular weight excluding hydrogens is 459 g/mol. The first-order chi connectivity index (χ1) is 15.9. The Labute approximate surface area is 191 Å². The highest BCUT2D eigenvalue weighted by Gasteiger charge is 2.48. The summed E-state index contributed by atoms with van der Waals surface area (Å²) in [5, 5.41) is 0. The molecule has 0 bridgehead atoms. The number of carbonyl (C=O) groups excluding carboxylic acids is 1. The number of benzene rings is 2. The number of nitrogens with zero attached hydrogens (tertiary/aromatic N) is 3. The summed E-state index contributed by atoms with van der Waals surface area (Å²) >= 11 is 0. The van der Waals surface area contributed by atoms with Gasteiger partial charge in [0.2, 0.25) is 0 Å². The van der Waals surface area contributed by atoms with E-state index in [1.165, 1.54) is 15.9 Å². The summed E-state index contributed by atoms with van der Waals surface area (Å²) in [6.07, 6.45) is -4.54. The van der Waals surface area contributed by atoms with Crippen molar-refractivity contribution in [1.82, 2.24) is 9.80 Å². The number of aliphatic imine (C=N–C) groups is 1. The molecule has 1 amide bonds. The van der Waals surface area contributed by atoms with Crippen LogP contribution in [0.3, 0.4) is 0 Å². The van der Waals surface area contributed by atoms with Crippen LogP contribution in [0, 0.1) is 0 Å². The molecule has 0 radical (unpaired) electrons. The first kappa shape index (κ1) is 22.4. The van der Waals surface area contributed by atoms with E-state index in [-0.39, 0.29) is 29.8 Å². The lowest BCUT2D eigenvalue weighted by molar-refractivity contribution is -0.137. The predicted molar refractivity (Wildman–Crippen MR) is 113 cm³/mol. The molecule has 3 aliphatic heterocycles. The first-order valence-corrected chi connectivity index (χ1v) is 10.7. The van der Waals surface area contributed by atoms with Crippen LogP contribution in [-0.4, -0.2) is 47.8 Å². The highest BCUT2D eigenvalue weighted by Crippen LogP contribution is 2.47. The lowest BCUT2D eigenvalue weighted by Crippen LogP contribution is -2.40. The molecular formula is C23H21F5N4O2. The summed E-state index contributed by atoms with van der Waals surface area (Å²) in [4.78, 5) is 20.3. The smallest absolute Gasteiger partial charge is 0.416 e. The van der Waals surface area contributed by atoms with E-state index in [9.17, 15) is 26.7 Å². The van der Waals surface area contributed by atoms with Crippen LogP contribution in [0.4, 0.5) is 27.6 Å². The van der Waals surface area contributed by atoms with Gasteiger partial charge in [-0.25, -0.2) is 13.8 Å². The van der Waals surface area contributed by atoms with Gasteiger partial charge in [0.15, 0.2) is 5.96 Å². The number of nitrogens with two attached hydrogens (primary N) is 1. The SMILES string of the molecule is CN(C(=O)c1ccc2c(c1)C1CC(F)(F)CN1C(N)=N2)C1CCOc2cc(C(F)(F)F)ccc21. The van der Waals surface area contributed by atoms with E-state index >= 15 is 0 Å². The summed E-state index contributed by atoms with van der Waals surface area (Å²) in [6, 6.07) is 6.71. The van der Waals surface area contributed by atoms with Crippen molar-refractivity contribution < 1.29 is 31.5 Å². The molecule has 2 aromatic carbocycles. The number of hydrogen-bond acceptors (Lipinski definition) is 5. The van der Waals surface area contributed by atoms with Gasteiger partial charge >= 0.3 is 6.18 Å². The number of ether oxygens (including phenoxy) is 1.